The Bertz CT molecular complexity index is 300. The highest BCUT2D eigenvalue weighted by molar-refractivity contribution is 5.33. The van der Waals surface area contributed by atoms with Crippen LogP contribution in [0.25, 0.3) is 0 Å². The van der Waals surface area contributed by atoms with Crippen LogP contribution in [0.3, 0.4) is 0 Å². The van der Waals surface area contributed by atoms with E-state index in [1.54, 1.807) is 6.07 Å². The fraction of sp³-hybridized carbons (Fsp3) is 0.583. The molecule has 1 aromatic rings. The molecule has 0 N–H and O–H groups in total. The van der Waals surface area contributed by atoms with Crippen molar-refractivity contribution in [3.8, 4) is 0 Å². The first kappa shape index (κ1) is 11.2. The van der Waals surface area contributed by atoms with Crippen LogP contribution in [0.2, 0.25) is 0 Å². The van der Waals surface area contributed by atoms with Gasteiger partial charge in [0.15, 0.2) is 0 Å². The summed E-state index contributed by atoms with van der Waals surface area (Å²) in [5.74, 6) is 0.274. The predicted molar refractivity (Wildman–Crippen MR) is 57.1 cm³/mol. The Morgan fingerprint density at radius 1 is 1.14 bits per heavy atom. The maximum Gasteiger partial charge on any atom is 0.213 e. The molecule has 1 nitrogen and oxygen atoms in total. The second kappa shape index (κ2) is 4.07. The number of pyridine rings is 1. The van der Waals surface area contributed by atoms with E-state index in [1.165, 1.54) is 0 Å². The zero-order valence-electron chi connectivity index (χ0n) is 9.56. The summed E-state index contributed by atoms with van der Waals surface area (Å²) in [5, 5.41) is 0. The number of halogens is 1. The van der Waals surface area contributed by atoms with E-state index in [2.05, 4.69) is 18.8 Å². The third kappa shape index (κ3) is 2.11. The molecule has 0 saturated carbocycles. The van der Waals surface area contributed by atoms with Crippen molar-refractivity contribution in [1.82, 2.24) is 4.98 Å². The molecule has 0 aromatic carbocycles. The lowest BCUT2D eigenvalue weighted by molar-refractivity contribution is 0.564. The number of hydrogen-bond acceptors (Lipinski definition) is 1. The van der Waals surface area contributed by atoms with E-state index >= 15 is 0 Å². The average molecular weight is 195 g/mol. The van der Waals surface area contributed by atoms with Crippen LogP contribution < -0.4 is 0 Å². The highest BCUT2D eigenvalue weighted by Crippen LogP contribution is 2.25. The van der Waals surface area contributed by atoms with Gasteiger partial charge in [-0.15, -0.1) is 0 Å². The summed E-state index contributed by atoms with van der Waals surface area (Å²) >= 11 is 0. The summed E-state index contributed by atoms with van der Waals surface area (Å²) in [6, 6.07) is 1.55. The van der Waals surface area contributed by atoms with Gasteiger partial charge in [-0.2, -0.15) is 4.39 Å². The monoisotopic (exact) mass is 195 g/mol. The van der Waals surface area contributed by atoms with Crippen molar-refractivity contribution in [1.29, 1.82) is 0 Å². The Balaban J connectivity index is 3.32. The molecule has 0 aliphatic carbocycles. The van der Waals surface area contributed by atoms with Gasteiger partial charge in [-0.1, -0.05) is 27.7 Å². The third-order valence-corrected chi connectivity index (χ3v) is 2.49. The van der Waals surface area contributed by atoms with Gasteiger partial charge >= 0.3 is 0 Å². The van der Waals surface area contributed by atoms with Crippen molar-refractivity contribution in [2.45, 2.75) is 46.5 Å². The smallest absolute Gasteiger partial charge is 0.213 e. The summed E-state index contributed by atoms with van der Waals surface area (Å²) in [4.78, 5) is 3.95. The van der Waals surface area contributed by atoms with Gasteiger partial charge in [0.05, 0.1) is 0 Å². The van der Waals surface area contributed by atoms with Gasteiger partial charge < -0.3 is 0 Å². The number of rotatable bonds is 2. The van der Waals surface area contributed by atoms with Crippen molar-refractivity contribution in [2.75, 3.05) is 0 Å². The topological polar surface area (TPSA) is 12.9 Å². The maximum absolute atomic E-state index is 13.2. The Morgan fingerprint density at radius 3 is 2.14 bits per heavy atom. The van der Waals surface area contributed by atoms with Gasteiger partial charge in [-0.3, -0.25) is 0 Å². The third-order valence-electron chi connectivity index (χ3n) is 2.49. The molecule has 0 aliphatic heterocycles. The molecule has 0 amide bonds. The van der Waals surface area contributed by atoms with Crippen molar-refractivity contribution in [3.63, 3.8) is 0 Å². The minimum absolute atomic E-state index is 0.281. The fourth-order valence-electron chi connectivity index (χ4n) is 1.78. The fourth-order valence-corrected chi connectivity index (χ4v) is 1.78. The van der Waals surface area contributed by atoms with Crippen LogP contribution in [0, 0.1) is 12.9 Å². The number of aromatic nitrogens is 1. The van der Waals surface area contributed by atoms with E-state index in [0.29, 0.717) is 5.92 Å². The minimum Gasteiger partial charge on any atom is -0.224 e. The van der Waals surface area contributed by atoms with E-state index in [1.807, 2.05) is 20.8 Å². The molecule has 0 aliphatic rings. The number of nitrogens with zero attached hydrogens (tertiary/aromatic N) is 1. The summed E-state index contributed by atoms with van der Waals surface area (Å²) in [7, 11) is 0. The van der Waals surface area contributed by atoms with Gasteiger partial charge in [0.25, 0.3) is 0 Å². The highest BCUT2D eigenvalue weighted by atomic mass is 19.1. The summed E-state index contributed by atoms with van der Waals surface area (Å²) in [6.07, 6.45) is 0. The van der Waals surface area contributed by atoms with E-state index in [0.717, 1.165) is 16.8 Å². The van der Waals surface area contributed by atoms with Crippen molar-refractivity contribution in [2.24, 2.45) is 0 Å². The zero-order valence-corrected chi connectivity index (χ0v) is 9.56. The zero-order chi connectivity index (χ0) is 10.9. The van der Waals surface area contributed by atoms with E-state index in [4.69, 9.17) is 0 Å². The minimum atomic E-state index is -0.358. The van der Waals surface area contributed by atoms with Crippen LogP contribution in [0.15, 0.2) is 6.07 Å². The molecule has 0 spiro atoms. The largest absolute Gasteiger partial charge is 0.224 e. The molecule has 0 saturated heterocycles. The molecular weight excluding hydrogens is 177 g/mol. The molecule has 1 heterocycles. The highest BCUT2D eigenvalue weighted by Gasteiger charge is 2.13. The molecule has 0 fully saturated rings. The van der Waals surface area contributed by atoms with Gasteiger partial charge in [-0.05, 0) is 36.0 Å². The quantitative estimate of drug-likeness (QED) is 0.654. The molecule has 14 heavy (non-hydrogen) atoms. The first-order valence-electron chi connectivity index (χ1n) is 5.10. The lowest BCUT2D eigenvalue weighted by Crippen LogP contribution is -2.04. The van der Waals surface area contributed by atoms with Gasteiger partial charge in [0.2, 0.25) is 5.95 Å². The van der Waals surface area contributed by atoms with Crippen LogP contribution in [0.1, 0.15) is 56.4 Å². The van der Waals surface area contributed by atoms with Crippen LogP contribution in [0.5, 0.6) is 0 Å². The van der Waals surface area contributed by atoms with Crippen LogP contribution >= 0.6 is 0 Å². The Morgan fingerprint density at radius 2 is 1.71 bits per heavy atom. The van der Waals surface area contributed by atoms with Crippen molar-refractivity contribution >= 4 is 0 Å². The SMILES string of the molecule is Cc1c(C(C)C)cc(F)nc1C(C)C. The second-order valence-electron chi connectivity index (χ2n) is 4.35. The first-order valence-corrected chi connectivity index (χ1v) is 5.10. The van der Waals surface area contributed by atoms with E-state index in [-0.39, 0.29) is 11.9 Å². The molecular formula is C12H18FN. The molecule has 1 rings (SSSR count). The average Bonchev–Trinajstić information content (AvgIpc) is 2.07. The van der Waals surface area contributed by atoms with E-state index < -0.39 is 0 Å². The summed E-state index contributed by atoms with van der Waals surface area (Å²) in [5.41, 5.74) is 3.09. The Hall–Kier alpha value is -0.920. The van der Waals surface area contributed by atoms with Crippen molar-refractivity contribution in [3.05, 3.63) is 28.8 Å². The molecule has 2 heteroatoms. The molecule has 78 valence electrons. The van der Waals surface area contributed by atoms with Crippen LogP contribution in [-0.2, 0) is 0 Å². The molecule has 0 unspecified atom stereocenters. The molecule has 0 radical (unpaired) electrons. The summed E-state index contributed by atoms with van der Waals surface area (Å²) in [6.45, 7) is 10.3. The first-order chi connectivity index (χ1) is 6.43. The second-order valence-corrected chi connectivity index (χ2v) is 4.35. The number of hydrogen-bond donors (Lipinski definition) is 0. The maximum atomic E-state index is 13.2. The Labute approximate surface area is 85.4 Å². The van der Waals surface area contributed by atoms with Crippen molar-refractivity contribution < 1.29 is 4.39 Å². The van der Waals surface area contributed by atoms with Gasteiger partial charge in [-0.25, -0.2) is 4.98 Å². The normalized spacial score (nSPS) is 11.4. The van der Waals surface area contributed by atoms with Gasteiger partial charge in [0.1, 0.15) is 0 Å². The lowest BCUT2D eigenvalue weighted by atomic mass is 9.94. The predicted octanol–water partition coefficient (Wildman–Crippen LogP) is 3.78. The molecule has 0 bridgehead atoms. The molecule has 0 atom stereocenters. The van der Waals surface area contributed by atoms with Crippen LogP contribution in [-0.4, -0.2) is 4.98 Å². The van der Waals surface area contributed by atoms with Crippen LogP contribution in [0.4, 0.5) is 4.39 Å². The summed E-state index contributed by atoms with van der Waals surface area (Å²) < 4.78 is 13.2. The van der Waals surface area contributed by atoms with Gasteiger partial charge in [0, 0.05) is 5.69 Å². The Kier molecular flexibility index (Phi) is 3.25. The standard InChI is InChI=1S/C12H18FN/c1-7(2)10-6-11(13)14-12(8(3)4)9(10)5/h6-8H,1-5H3. The lowest BCUT2D eigenvalue weighted by Gasteiger charge is -2.15. The van der Waals surface area contributed by atoms with E-state index in [9.17, 15) is 4.39 Å². The molecule has 1 aromatic heterocycles.